The van der Waals surface area contributed by atoms with E-state index in [-0.39, 0.29) is 11.9 Å². The molecule has 0 amide bonds. The first-order valence-corrected chi connectivity index (χ1v) is 5.15. The largest absolute Gasteiger partial charge is 0.308 e. The molecular formula is C12H18FN. The van der Waals surface area contributed by atoms with Crippen molar-refractivity contribution in [1.29, 1.82) is 0 Å². The number of halogens is 1. The van der Waals surface area contributed by atoms with Crippen molar-refractivity contribution in [3.63, 3.8) is 0 Å². The minimum atomic E-state index is -0.129. The van der Waals surface area contributed by atoms with E-state index in [0.717, 1.165) is 12.0 Å². The predicted molar refractivity (Wildman–Crippen MR) is 57.7 cm³/mol. The van der Waals surface area contributed by atoms with Gasteiger partial charge < -0.3 is 5.32 Å². The van der Waals surface area contributed by atoms with Gasteiger partial charge in [-0.2, -0.15) is 0 Å². The topological polar surface area (TPSA) is 12.0 Å². The monoisotopic (exact) mass is 195 g/mol. The van der Waals surface area contributed by atoms with Crippen LogP contribution in [0.25, 0.3) is 0 Å². The van der Waals surface area contributed by atoms with Gasteiger partial charge in [-0.3, -0.25) is 0 Å². The van der Waals surface area contributed by atoms with Crippen molar-refractivity contribution >= 4 is 0 Å². The Labute approximate surface area is 85.3 Å². The van der Waals surface area contributed by atoms with E-state index in [4.69, 9.17) is 0 Å². The molecule has 0 aromatic heterocycles. The summed E-state index contributed by atoms with van der Waals surface area (Å²) < 4.78 is 13.4. The number of nitrogens with one attached hydrogen (secondary N) is 1. The van der Waals surface area contributed by atoms with Gasteiger partial charge in [0.1, 0.15) is 5.82 Å². The summed E-state index contributed by atoms with van der Waals surface area (Å²) in [5.74, 6) is -0.129. The molecule has 0 unspecified atom stereocenters. The summed E-state index contributed by atoms with van der Waals surface area (Å²) in [4.78, 5) is 0. The molecule has 0 saturated carbocycles. The molecule has 78 valence electrons. The van der Waals surface area contributed by atoms with E-state index in [0.29, 0.717) is 6.04 Å². The number of rotatable bonds is 4. The van der Waals surface area contributed by atoms with Gasteiger partial charge in [0.15, 0.2) is 0 Å². The van der Waals surface area contributed by atoms with E-state index in [1.165, 1.54) is 6.07 Å². The van der Waals surface area contributed by atoms with Crippen molar-refractivity contribution in [2.24, 2.45) is 0 Å². The van der Waals surface area contributed by atoms with Crippen molar-refractivity contribution in [2.75, 3.05) is 0 Å². The fourth-order valence-electron chi connectivity index (χ4n) is 1.46. The standard InChI is InChI=1S/C12H18FN/c1-4-9(2)14-10(3)11-7-5-6-8-12(11)13/h5-10,14H,4H2,1-3H3/t9-,10-/m1/s1. The van der Waals surface area contributed by atoms with Crippen LogP contribution in [-0.2, 0) is 0 Å². The van der Waals surface area contributed by atoms with Crippen LogP contribution in [0.1, 0.15) is 38.8 Å². The molecule has 0 heterocycles. The lowest BCUT2D eigenvalue weighted by molar-refractivity contribution is 0.454. The quantitative estimate of drug-likeness (QED) is 0.777. The van der Waals surface area contributed by atoms with Gasteiger partial charge in [0.2, 0.25) is 0 Å². The number of hydrogen-bond acceptors (Lipinski definition) is 1. The Balaban J connectivity index is 2.69. The highest BCUT2D eigenvalue weighted by Gasteiger charge is 2.11. The minimum Gasteiger partial charge on any atom is -0.308 e. The number of hydrogen-bond donors (Lipinski definition) is 1. The maximum atomic E-state index is 13.4. The molecule has 0 saturated heterocycles. The SMILES string of the molecule is CC[C@@H](C)N[C@H](C)c1ccccc1F. The third-order valence-corrected chi connectivity index (χ3v) is 2.52. The van der Waals surface area contributed by atoms with Crippen LogP contribution in [0.3, 0.4) is 0 Å². The van der Waals surface area contributed by atoms with E-state index in [2.05, 4.69) is 19.2 Å². The van der Waals surface area contributed by atoms with Gasteiger partial charge in [-0.15, -0.1) is 0 Å². The summed E-state index contributed by atoms with van der Waals surface area (Å²) in [6, 6.07) is 7.41. The first-order valence-electron chi connectivity index (χ1n) is 5.15. The van der Waals surface area contributed by atoms with Crippen LogP contribution in [0.5, 0.6) is 0 Å². The third kappa shape index (κ3) is 2.81. The average Bonchev–Trinajstić information content (AvgIpc) is 2.18. The van der Waals surface area contributed by atoms with Crippen molar-refractivity contribution in [3.05, 3.63) is 35.6 Å². The Bertz CT molecular complexity index is 285. The van der Waals surface area contributed by atoms with Gasteiger partial charge in [0, 0.05) is 17.6 Å². The Morgan fingerprint density at radius 1 is 1.29 bits per heavy atom. The first kappa shape index (κ1) is 11.2. The van der Waals surface area contributed by atoms with Crippen LogP contribution >= 0.6 is 0 Å². The lowest BCUT2D eigenvalue weighted by Gasteiger charge is -2.19. The second kappa shape index (κ2) is 5.11. The molecule has 0 aliphatic rings. The van der Waals surface area contributed by atoms with E-state index >= 15 is 0 Å². The molecule has 1 aromatic carbocycles. The van der Waals surface area contributed by atoms with Crippen LogP contribution in [0.15, 0.2) is 24.3 Å². The highest BCUT2D eigenvalue weighted by atomic mass is 19.1. The highest BCUT2D eigenvalue weighted by Crippen LogP contribution is 2.16. The lowest BCUT2D eigenvalue weighted by atomic mass is 10.1. The van der Waals surface area contributed by atoms with Gasteiger partial charge in [0.05, 0.1) is 0 Å². The average molecular weight is 195 g/mol. The summed E-state index contributed by atoms with van der Waals surface area (Å²) in [5, 5.41) is 3.35. The lowest BCUT2D eigenvalue weighted by Crippen LogP contribution is -2.28. The smallest absolute Gasteiger partial charge is 0.127 e. The molecule has 0 aliphatic heterocycles. The molecular weight excluding hydrogens is 177 g/mol. The Kier molecular flexibility index (Phi) is 4.08. The summed E-state index contributed by atoms with van der Waals surface area (Å²) in [5.41, 5.74) is 0.743. The molecule has 2 heteroatoms. The van der Waals surface area contributed by atoms with E-state index in [1.54, 1.807) is 6.07 Å². The van der Waals surface area contributed by atoms with Crippen molar-refractivity contribution in [3.8, 4) is 0 Å². The molecule has 1 aromatic rings. The Hall–Kier alpha value is -0.890. The normalized spacial score (nSPS) is 15.1. The predicted octanol–water partition coefficient (Wildman–Crippen LogP) is 3.27. The van der Waals surface area contributed by atoms with Gasteiger partial charge in [0.25, 0.3) is 0 Å². The van der Waals surface area contributed by atoms with Gasteiger partial charge in [-0.1, -0.05) is 25.1 Å². The van der Waals surface area contributed by atoms with E-state index in [9.17, 15) is 4.39 Å². The molecule has 1 rings (SSSR count). The molecule has 0 bridgehead atoms. The first-order chi connectivity index (χ1) is 6.65. The zero-order chi connectivity index (χ0) is 10.6. The van der Waals surface area contributed by atoms with Crippen molar-refractivity contribution in [2.45, 2.75) is 39.3 Å². The molecule has 0 spiro atoms. The van der Waals surface area contributed by atoms with Crippen molar-refractivity contribution < 1.29 is 4.39 Å². The maximum absolute atomic E-state index is 13.4. The highest BCUT2D eigenvalue weighted by molar-refractivity contribution is 5.20. The Morgan fingerprint density at radius 3 is 2.50 bits per heavy atom. The molecule has 0 aliphatic carbocycles. The van der Waals surface area contributed by atoms with E-state index < -0.39 is 0 Å². The molecule has 0 fully saturated rings. The fourth-order valence-corrected chi connectivity index (χ4v) is 1.46. The van der Waals surface area contributed by atoms with E-state index in [1.807, 2.05) is 19.1 Å². The molecule has 1 nitrogen and oxygen atoms in total. The summed E-state index contributed by atoms with van der Waals surface area (Å²) in [6.07, 6.45) is 1.05. The number of benzene rings is 1. The van der Waals surface area contributed by atoms with Gasteiger partial charge in [-0.05, 0) is 26.3 Å². The van der Waals surface area contributed by atoms with Gasteiger partial charge in [-0.25, -0.2) is 4.39 Å². The minimum absolute atomic E-state index is 0.0751. The van der Waals surface area contributed by atoms with Gasteiger partial charge >= 0.3 is 0 Å². The molecule has 0 radical (unpaired) electrons. The fraction of sp³-hybridized carbons (Fsp3) is 0.500. The van der Waals surface area contributed by atoms with Crippen LogP contribution in [0.4, 0.5) is 4.39 Å². The molecule has 2 atom stereocenters. The summed E-state index contributed by atoms with van der Waals surface area (Å²) in [6.45, 7) is 6.22. The Morgan fingerprint density at radius 2 is 1.93 bits per heavy atom. The zero-order valence-electron chi connectivity index (χ0n) is 9.05. The van der Waals surface area contributed by atoms with Crippen LogP contribution in [0.2, 0.25) is 0 Å². The third-order valence-electron chi connectivity index (χ3n) is 2.52. The molecule has 1 N–H and O–H groups in total. The van der Waals surface area contributed by atoms with Crippen LogP contribution in [-0.4, -0.2) is 6.04 Å². The summed E-state index contributed by atoms with van der Waals surface area (Å²) in [7, 11) is 0. The second-order valence-electron chi connectivity index (χ2n) is 3.72. The maximum Gasteiger partial charge on any atom is 0.127 e. The summed E-state index contributed by atoms with van der Waals surface area (Å²) >= 11 is 0. The van der Waals surface area contributed by atoms with Crippen LogP contribution in [0, 0.1) is 5.82 Å². The molecule has 14 heavy (non-hydrogen) atoms. The second-order valence-corrected chi connectivity index (χ2v) is 3.72. The van der Waals surface area contributed by atoms with Crippen LogP contribution < -0.4 is 5.32 Å². The zero-order valence-corrected chi connectivity index (χ0v) is 9.05. The van der Waals surface area contributed by atoms with Crippen molar-refractivity contribution in [1.82, 2.24) is 5.32 Å².